The number of carbonyl (C=O) groups is 2. The van der Waals surface area contributed by atoms with E-state index in [-0.39, 0.29) is 22.7 Å². The number of fused-ring (bicyclic) bond motifs is 2. The Hall–Kier alpha value is -3.94. The average molecular weight is 458 g/mol. The van der Waals surface area contributed by atoms with Crippen LogP contribution in [0.4, 0.5) is 10.2 Å². The molecule has 8 heteroatoms. The number of carboxylic acid groups (broad SMARTS) is 1. The summed E-state index contributed by atoms with van der Waals surface area (Å²) in [4.78, 5) is 34.0. The molecule has 2 atom stereocenters. The van der Waals surface area contributed by atoms with Gasteiger partial charge in [-0.3, -0.25) is 14.9 Å². The molecule has 2 unspecified atom stereocenters. The quantitative estimate of drug-likeness (QED) is 0.559. The monoisotopic (exact) mass is 458 g/mol. The number of Topliss-reactive ketones (excluding diaryl/α,β-unsaturated/α-hetero) is 1. The maximum Gasteiger partial charge on any atom is 0.354 e. The van der Waals surface area contributed by atoms with Gasteiger partial charge < -0.3 is 5.11 Å². The molecule has 172 valence electrons. The van der Waals surface area contributed by atoms with Gasteiger partial charge in [-0.2, -0.15) is 5.10 Å². The van der Waals surface area contributed by atoms with Gasteiger partial charge in [0.05, 0.1) is 11.6 Å². The molecule has 3 heterocycles. The molecule has 1 aliphatic heterocycles. The van der Waals surface area contributed by atoms with Crippen molar-refractivity contribution in [3.63, 3.8) is 0 Å². The third-order valence-corrected chi connectivity index (χ3v) is 6.38. The second kappa shape index (κ2) is 8.13. The van der Waals surface area contributed by atoms with Gasteiger partial charge in [0.2, 0.25) is 0 Å². The minimum absolute atomic E-state index is 0.0438. The predicted octanol–water partition coefficient (Wildman–Crippen LogP) is 5.20. The number of hydrogen-bond donors (Lipinski definition) is 2. The number of nitrogens with one attached hydrogen (secondary N) is 1. The number of aromatic nitrogens is 3. The lowest BCUT2D eigenvalue weighted by molar-refractivity contribution is -0.124. The Bertz CT molecular complexity index is 1350. The summed E-state index contributed by atoms with van der Waals surface area (Å²) in [5.41, 5.74) is 3.02. The fourth-order valence-electron chi connectivity index (χ4n) is 4.91. The van der Waals surface area contributed by atoms with Crippen molar-refractivity contribution in [1.29, 1.82) is 0 Å². The highest BCUT2D eigenvalue weighted by atomic mass is 19.1. The summed E-state index contributed by atoms with van der Waals surface area (Å²) >= 11 is 0. The van der Waals surface area contributed by atoms with E-state index in [2.05, 4.69) is 20.2 Å². The Morgan fingerprint density at radius 3 is 2.74 bits per heavy atom. The summed E-state index contributed by atoms with van der Waals surface area (Å²) in [7, 11) is 0. The van der Waals surface area contributed by atoms with E-state index in [1.807, 2.05) is 32.1 Å². The number of benzene rings is 1. The van der Waals surface area contributed by atoms with E-state index in [1.54, 1.807) is 24.4 Å². The summed E-state index contributed by atoms with van der Waals surface area (Å²) in [6.45, 7) is 4.06. The number of ketones is 1. The molecule has 2 aliphatic rings. The van der Waals surface area contributed by atoms with Crippen LogP contribution >= 0.6 is 0 Å². The summed E-state index contributed by atoms with van der Waals surface area (Å²) in [6.07, 6.45) is 6.29. The fraction of sp³-hybridized carbons (Fsp3) is 0.269. The molecule has 2 aromatic heterocycles. The maximum atomic E-state index is 13.5. The van der Waals surface area contributed by atoms with E-state index in [0.29, 0.717) is 29.9 Å². The molecule has 0 radical (unpaired) electrons. The first-order valence-electron chi connectivity index (χ1n) is 11.0. The Kier molecular flexibility index (Phi) is 5.23. The normalized spacial score (nSPS) is 21.1. The number of aliphatic imine (C=N–C) groups is 1. The number of carbonyl (C=O) groups excluding carboxylic acids is 1. The van der Waals surface area contributed by atoms with Crippen molar-refractivity contribution in [3.05, 3.63) is 71.4 Å². The number of H-pyrrole nitrogens is 1. The number of halogens is 1. The van der Waals surface area contributed by atoms with E-state index in [9.17, 15) is 19.1 Å². The van der Waals surface area contributed by atoms with Crippen molar-refractivity contribution >= 4 is 29.4 Å². The first-order valence-corrected chi connectivity index (χ1v) is 11.0. The van der Waals surface area contributed by atoms with Crippen LogP contribution in [0.1, 0.15) is 54.4 Å². The van der Waals surface area contributed by atoms with Crippen molar-refractivity contribution in [2.75, 3.05) is 0 Å². The van der Waals surface area contributed by atoms with Gasteiger partial charge in [-0.05, 0) is 41.7 Å². The Labute approximate surface area is 195 Å². The molecular formula is C26H23FN4O3. The van der Waals surface area contributed by atoms with E-state index in [0.717, 1.165) is 16.8 Å². The van der Waals surface area contributed by atoms with Crippen molar-refractivity contribution < 1.29 is 19.1 Å². The predicted molar refractivity (Wildman–Crippen MR) is 126 cm³/mol. The summed E-state index contributed by atoms with van der Waals surface area (Å²) in [5.74, 6) is -2.14. The number of pyridine rings is 1. The zero-order valence-corrected chi connectivity index (χ0v) is 18.7. The van der Waals surface area contributed by atoms with E-state index in [1.165, 1.54) is 12.1 Å². The minimum Gasteiger partial charge on any atom is -0.477 e. The third kappa shape index (κ3) is 3.96. The van der Waals surface area contributed by atoms with E-state index < -0.39 is 17.8 Å². The minimum atomic E-state index is -1.15. The third-order valence-electron chi connectivity index (χ3n) is 6.38. The molecule has 7 nitrogen and oxygen atoms in total. The molecular weight excluding hydrogens is 435 g/mol. The lowest BCUT2D eigenvalue weighted by Crippen LogP contribution is -2.41. The zero-order valence-electron chi connectivity index (χ0n) is 18.7. The van der Waals surface area contributed by atoms with Gasteiger partial charge in [-0.25, -0.2) is 14.2 Å². The van der Waals surface area contributed by atoms with Crippen LogP contribution in [-0.2, 0) is 4.79 Å². The highest BCUT2D eigenvalue weighted by Crippen LogP contribution is 2.47. The van der Waals surface area contributed by atoms with Gasteiger partial charge in [0.25, 0.3) is 0 Å². The van der Waals surface area contributed by atoms with Crippen molar-refractivity contribution in [1.82, 2.24) is 15.2 Å². The molecule has 0 bridgehead atoms. The lowest BCUT2D eigenvalue weighted by atomic mass is 9.65. The number of rotatable bonds is 4. The second-order valence-corrected chi connectivity index (χ2v) is 9.57. The van der Waals surface area contributed by atoms with Crippen LogP contribution < -0.4 is 0 Å². The second-order valence-electron chi connectivity index (χ2n) is 9.57. The molecule has 0 amide bonds. The van der Waals surface area contributed by atoms with Gasteiger partial charge in [0, 0.05) is 35.4 Å². The van der Waals surface area contributed by atoms with Crippen LogP contribution in [0.5, 0.6) is 0 Å². The number of carboxylic acids is 1. The molecule has 1 saturated carbocycles. The van der Waals surface area contributed by atoms with Crippen LogP contribution in [-0.4, -0.2) is 37.8 Å². The number of allylic oxidation sites excluding steroid dienone is 1. The van der Waals surface area contributed by atoms with Crippen LogP contribution in [0.25, 0.3) is 17.2 Å². The van der Waals surface area contributed by atoms with Crippen LogP contribution in [0.3, 0.4) is 0 Å². The topological polar surface area (TPSA) is 108 Å². The Morgan fingerprint density at radius 1 is 1.21 bits per heavy atom. The standard InChI is InChI=1S/C26H23FN4O3/c1-26(2)11-19-21(20(32)12-26)18(22-23(25(33)34)30-31-24(22)29-19)9-8-17-7-6-15(13-28-17)14-4-3-5-16(27)10-14/h3-10,13,18,21H,11-12H2,1-2H3,(H,30,31)(H,33,34). The summed E-state index contributed by atoms with van der Waals surface area (Å²) in [5, 5.41) is 16.4. The highest BCUT2D eigenvalue weighted by molar-refractivity contribution is 6.11. The van der Waals surface area contributed by atoms with E-state index >= 15 is 0 Å². The maximum absolute atomic E-state index is 13.5. The van der Waals surface area contributed by atoms with E-state index in [4.69, 9.17) is 0 Å². The van der Waals surface area contributed by atoms with Crippen molar-refractivity contribution in [2.24, 2.45) is 16.3 Å². The van der Waals surface area contributed by atoms with Gasteiger partial charge in [0.15, 0.2) is 5.82 Å². The first-order chi connectivity index (χ1) is 16.2. The van der Waals surface area contributed by atoms with Crippen molar-refractivity contribution in [3.8, 4) is 11.1 Å². The van der Waals surface area contributed by atoms with Crippen LogP contribution in [0.15, 0.2) is 53.7 Å². The summed E-state index contributed by atoms with van der Waals surface area (Å²) < 4.78 is 13.5. The first kappa shape index (κ1) is 21.9. The molecule has 1 fully saturated rings. The molecule has 34 heavy (non-hydrogen) atoms. The lowest BCUT2D eigenvalue weighted by Gasteiger charge is -2.39. The molecule has 2 N–H and O–H groups in total. The van der Waals surface area contributed by atoms with Crippen molar-refractivity contribution in [2.45, 2.75) is 32.6 Å². The largest absolute Gasteiger partial charge is 0.477 e. The summed E-state index contributed by atoms with van der Waals surface area (Å²) in [6, 6.07) is 9.93. The molecule has 0 saturated heterocycles. The molecule has 3 aromatic rings. The van der Waals surface area contributed by atoms with Crippen LogP contribution in [0.2, 0.25) is 0 Å². The SMILES string of the molecule is CC1(C)CC(=O)C2C(=Nc3n[nH]c(C(=O)O)c3C2C=Cc2ccc(-c3cccc(F)c3)cn2)C1. The number of aromatic carboxylic acids is 1. The van der Waals surface area contributed by atoms with Crippen LogP contribution in [0, 0.1) is 17.2 Å². The molecule has 0 spiro atoms. The average Bonchev–Trinajstić information content (AvgIpc) is 3.20. The number of nitrogens with zero attached hydrogens (tertiary/aromatic N) is 3. The van der Waals surface area contributed by atoms with Gasteiger partial charge in [0.1, 0.15) is 17.3 Å². The van der Waals surface area contributed by atoms with Gasteiger partial charge in [-0.15, -0.1) is 0 Å². The molecule has 1 aromatic carbocycles. The Morgan fingerprint density at radius 2 is 2.03 bits per heavy atom. The van der Waals surface area contributed by atoms with Gasteiger partial charge >= 0.3 is 5.97 Å². The molecule has 1 aliphatic carbocycles. The molecule has 5 rings (SSSR count). The number of aromatic amines is 1. The Balaban J connectivity index is 1.51. The van der Waals surface area contributed by atoms with Gasteiger partial charge in [-0.1, -0.05) is 38.1 Å². The smallest absolute Gasteiger partial charge is 0.354 e. The number of hydrogen-bond acceptors (Lipinski definition) is 5. The highest BCUT2D eigenvalue weighted by Gasteiger charge is 2.46. The fourth-order valence-corrected chi connectivity index (χ4v) is 4.91. The zero-order chi connectivity index (χ0) is 24.0.